The van der Waals surface area contributed by atoms with E-state index in [1.807, 2.05) is 25.1 Å². The molecule has 18 heavy (non-hydrogen) atoms. The van der Waals surface area contributed by atoms with Crippen molar-refractivity contribution in [1.82, 2.24) is 10.1 Å². The molecule has 0 atom stereocenters. The van der Waals surface area contributed by atoms with Gasteiger partial charge in [-0.2, -0.15) is 4.98 Å². The number of aryl methyl sites for hydroxylation is 2. The molecule has 1 aromatic heterocycles. The fraction of sp³-hybridized carbons (Fsp3) is 0.308. The highest BCUT2D eigenvalue weighted by Crippen LogP contribution is 2.20. The number of nitrogens with zero attached hydrogens (tertiary/aromatic N) is 2. The molecular weight excluding hydrogens is 232 g/mol. The van der Waals surface area contributed by atoms with Gasteiger partial charge in [-0.1, -0.05) is 17.3 Å². The maximum absolute atomic E-state index is 11.2. The van der Waals surface area contributed by atoms with Gasteiger partial charge in [-0.3, -0.25) is 4.79 Å². The lowest BCUT2D eigenvalue weighted by Gasteiger charge is -2.05. The number of ether oxygens (including phenoxy) is 1. The largest absolute Gasteiger partial charge is 0.469 e. The number of aromatic nitrogens is 2. The van der Waals surface area contributed by atoms with Gasteiger partial charge in [0, 0.05) is 12.5 Å². The van der Waals surface area contributed by atoms with Crippen LogP contribution in [-0.4, -0.2) is 23.2 Å². The minimum Gasteiger partial charge on any atom is -0.469 e. The van der Waals surface area contributed by atoms with E-state index in [1.165, 1.54) is 7.11 Å². The van der Waals surface area contributed by atoms with Crippen molar-refractivity contribution in [3.63, 3.8) is 0 Å². The molecule has 0 radical (unpaired) electrons. The van der Waals surface area contributed by atoms with Gasteiger partial charge in [-0.05, 0) is 24.1 Å². The first-order chi connectivity index (χ1) is 8.60. The number of hydrogen-bond donors (Lipinski definition) is 0. The Morgan fingerprint density at radius 2 is 2.17 bits per heavy atom. The Morgan fingerprint density at radius 1 is 1.39 bits per heavy atom. The molecule has 1 heterocycles. The number of esters is 1. The highest BCUT2D eigenvalue weighted by atomic mass is 16.5. The number of carbonyl (C=O) groups excluding carboxylic acids is 1. The summed E-state index contributed by atoms with van der Waals surface area (Å²) in [6.45, 7) is 3.68. The highest BCUT2D eigenvalue weighted by molar-refractivity contribution is 5.73. The maximum atomic E-state index is 11.2. The molecule has 94 valence electrons. The quantitative estimate of drug-likeness (QED) is 0.775. The minimum absolute atomic E-state index is 0.249. The van der Waals surface area contributed by atoms with Crippen molar-refractivity contribution in [3.05, 3.63) is 35.2 Å². The third-order valence-corrected chi connectivity index (χ3v) is 2.69. The molecule has 2 rings (SSSR count). The van der Waals surface area contributed by atoms with Crippen molar-refractivity contribution in [2.45, 2.75) is 20.3 Å². The van der Waals surface area contributed by atoms with E-state index < -0.39 is 0 Å². The van der Waals surface area contributed by atoms with Crippen molar-refractivity contribution in [1.29, 1.82) is 0 Å². The van der Waals surface area contributed by atoms with Gasteiger partial charge < -0.3 is 9.26 Å². The summed E-state index contributed by atoms with van der Waals surface area (Å²) in [6.07, 6.45) is 0.272. The van der Waals surface area contributed by atoms with Gasteiger partial charge in [0.25, 0.3) is 0 Å². The molecule has 5 nitrogen and oxygen atoms in total. The third kappa shape index (κ3) is 2.56. The number of hydrogen-bond acceptors (Lipinski definition) is 5. The van der Waals surface area contributed by atoms with Crippen LogP contribution in [0.1, 0.15) is 17.0 Å². The Bertz CT molecular complexity index is 575. The van der Waals surface area contributed by atoms with E-state index in [1.54, 1.807) is 6.92 Å². The van der Waals surface area contributed by atoms with Gasteiger partial charge in [0.05, 0.1) is 13.5 Å². The normalized spacial score (nSPS) is 10.4. The molecule has 2 aromatic rings. The summed E-state index contributed by atoms with van der Waals surface area (Å²) in [5.41, 5.74) is 2.81. The summed E-state index contributed by atoms with van der Waals surface area (Å²) >= 11 is 0. The second kappa shape index (κ2) is 5.00. The SMILES string of the molecule is COC(=O)Cc1ccc(-c2noc(C)n2)cc1C. The molecule has 0 saturated carbocycles. The second-order valence-electron chi connectivity index (χ2n) is 4.03. The molecule has 0 saturated heterocycles. The van der Waals surface area contributed by atoms with Crippen molar-refractivity contribution in [2.75, 3.05) is 7.11 Å². The van der Waals surface area contributed by atoms with Gasteiger partial charge in [0.2, 0.25) is 11.7 Å². The van der Waals surface area contributed by atoms with Crippen LogP contribution < -0.4 is 0 Å². The van der Waals surface area contributed by atoms with Gasteiger partial charge in [0.15, 0.2) is 0 Å². The van der Waals surface area contributed by atoms with Crippen LogP contribution in [-0.2, 0) is 16.0 Å². The van der Waals surface area contributed by atoms with E-state index in [4.69, 9.17) is 4.52 Å². The van der Waals surface area contributed by atoms with E-state index in [0.29, 0.717) is 11.7 Å². The average molecular weight is 246 g/mol. The van der Waals surface area contributed by atoms with Crippen molar-refractivity contribution >= 4 is 5.97 Å². The molecule has 0 bridgehead atoms. The second-order valence-corrected chi connectivity index (χ2v) is 4.03. The monoisotopic (exact) mass is 246 g/mol. The Balaban J connectivity index is 2.27. The Hall–Kier alpha value is -2.17. The summed E-state index contributed by atoms with van der Waals surface area (Å²) in [4.78, 5) is 15.4. The lowest BCUT2D eigenvalue weighted by molar-refractivity contribution is -0.139. The third-order valence-electron chi connectivity index (χ3n) is 2.69. The van der Waals surface area contributed by atoms with E-state index in [2.05, 4.69) is 14.9 Å². The van der Waals surface area contributed by atoms with Crippen LogP contribution in [0.4, 0.5) is 0 Å². The fourth-order valence-corrected chi connectivity index (χ4v) is 1.68. The minimum atomic E-state index is -0.249. The van der Waals surface area contributed by atoms with Crippen molar-refractivity contribution in [3.8, 4) is 11.4 Å². The van der Waals surface area contributed by atoms with Gasteiger partial charge in [0.1, 0.15) is 0 Å². The summed E-state index contributed by atoms with van der Waals surface area (Å²) in [7, 11) is 1.38. The molecule has 5 heteroatoms. The van der Waals surface area contributed by atoms with Crippen LogP contribution in [0.25, 0.3) is 11.4 Å². The van der Waals surface area contributed by atoms with Crippen molar-refractivity contribution in [2.24, 2.45) is 0 Å². The zero-order valence-corrected chi connectivity index (χ0v) is 10.6. The van der Waals surface area contributed by atoms with Crippen LogP contribution >= 0.6 is 0 Å². The van der Waals surface area contributed by atoms with Crippen molar-refractivity contribution < 1.29 is 14.1 Å². The van der Waals surface area contributed by atoms with Crippen LogP contribution in [0.5, 0.6) is 0 Å². The fourth-order valence-electron chi connectivity index (χ4n) is 1.68. The summed E-state index contributed by atoms with van der Waals surface area (Å²) in [5.74, 6) is 0.836. The van der Waals surface area contributed by atoms with E-state index in [0.717, 1.165) is 16.7 Å². The van der Waals surface area contributed by atoms with Gasteiger partial charge in [-0.15, -0.1) is 0 Å². The molecule has 0 aliphatic heterocycles. The molecule has 0 fully saturated rings. The zero-order chi connectivity index (χ0) is 13.1. The van der Waals surface area contributed by atoms with Crippen LogP contribution in [0.2, 0.25) is 0 Å². The Kier molecular flexibility index (Phi) is 3.41. The predicted octanol–water partition coefficient (Wildman–Crippen LogP) is 2.07. The lowest BCUT2D eigenvalue weighted by atomic mass is 10.0. The zero-order valence-electron chi connectivity index (χ0n) is 10.6. The number of rotatable bonds is 3. The van der Waals surface area contributed by atoms with Crippen LogP contribution in [0.15, 0.2) is 22.7 Å². The standard InChI is InChI=1S/C13H14N2O3/c1-8-6-11(13-14-9(2)18-15-13)5-4-10(8)7-12(16)17-3/h4-6H,7H2,1-3H3. The molecule has 0 unspecified atom stereocenters. The number of methoxy groups -OCH3 is 1. The molecule has 1 aromatic carbocycles. The Labute approximate surface area is 105 Å². The van der Waals surface area contributed by atoms with E-state index in [-0.39, 0.29) is 12.4 Å². The number of benzene rings is 1. The smallest absolute Gasteiger partial charge is 0.309 e. The molecule has 0 amide bonds. The lowest BCUT2D eigenvalue weighted by Crippen LogP contribution is -2.05. The first-order valence-electron chi connectivity index (χ1n) is 5.57. The summed E-state index contributed by atoms with van der Waals surface area (Å²) in [5, 5.41) is 3.86. The van der Waals surface area contributed by atoms with Gasteiger partial charge >= 0.3 is 5.97 Å². The molecule has 0 aliphatic carbocycles. The first kappa shape index (κ1) is 12.3. The topological polar surface area (TPSA) is 65.2 Å². The summed E-state index contributed by atoms with van der Waals surface area (Å²) in [6, 6.07) is 5.69. The van der Waals surface area contributed by atoms with Crippen LogP contribution in [0.3, 0.4) is 0 Å². The average Bonchev–Trinajstić information content (AvgIpc) is 2.78. The van der Waals surface area contributed by atoms with Gasteiger partial charge in [-0.25, -0.2) is 0 Å². The summed E-state index contributed by atoms with van der Waals surface area (Å²) < 4.78 is 9.58. The molecule has 0 spiro atoms. The molecule has 0 N–H and O–H groups in total. The molecular formula is C13H14N2O3. The van der Waals surface area contributed by atoms with Crippen LogP contribution in [0, 0.1) is 13.8 Å². The molecule has 0 aliphatic rings. The number of carbonyl (C=O) groups is 1. The Morgan fingerprint density at radius 3 is 2.72 bits per heavy atom. The van der Waals surface area contributed by atoms with E-state index in [9.17, 15) is 4.79 Å². The highest BCUT2D eigenvalue weighted by Gasteiger charge is 2.10. The first-order valence-corrected chi connectivity index (χ1v) is 5.57. The predicted molar refractivity (Wildman–Crippen MR) is 64.9 cm³/mol. The maximum Gasteiger partial charge on any atom is 0.309 e. The van der Waals surface area contributed by atoms with E-state index >= 15 is 0 Å².